The Hall–Kier alpha value is -1.88. The van der Waals surface area contributed by atoms with Crippen LogP contribution in [0.2, 0.25) is 0 Å². The van der Waals surface area contributed by atoms with E-state index in [2.05, 4.69) is 9.97 Å². The summed E-state index contributed by atoms with van der Waals surface area (Å²) in [5, 5.41) is 9.86. The summed E-state index contributed by atoms with van der Waals surface area (Å²) in [7, 11) is 1.62. The van der Waals surface area contributed by atoms with E-state index in [1.807, 2.05) is 18.2 Å². The molecule has 1 heterocycles. The quantitative estimate of drug-likeness (QED) is 0.835. The Balaban J connectivity index is 0.000000178. The molecule has 0 radical (unpaired) electrons. The molecule has 0 spiro atoms. The van der Waals surface area contributed by atoms with Crippen molar-refractivity contribution in [2.45, 2.75) is 38.2 Å². The molecule has 3 N–H and O–H groups in total. The molecule has 0 atom stereocenters. The van der Waals surface area contributed by atoms with Crippen molar-refractivity contribution in [2.75, 3.05) is 12.8 Å². The number of benzene rings is 1. The molecule has 0 aliphatic heterocycles. The summed E-state index contributed by atoms with van der Waals surface area (Å²) in [5.41, 5.74) is 6.25. The highest BCUT2D eigenvalue weighted by atomic mass is 16.5. The van der Waals surface area contributed by atoms with E-state index in [0.717, 1.165) is 29.5 Å². The third-order valence-corrected chi connectivity index (χ3v) is 3.38. The van der Waals surface area contributed by atoms with E-state index in [4.69, 9.17) is 15.6 Å². The maximum atomic E-state index is 8.91. The first kappa shape index (κ1) is 14.5. The van der Waals surface area contributed by atoms with Crippen LogP contribution in [0.5, 0.6) is 5.75 Å². The summed E-state index contributed by atoms with van der Waals surface area (Å²) in [5.74, 6) is 1.05. The van der Waals surface area contributed by atoms with Crippen LogP contribution in [-0.4, -0.2) is 28.3 Å². The maximum absolute atomic E-state index is 8.91. The van der Waals surface area contributed by atoms with Gasteiger partial charge in [-0.25, -0.2) is 9.97 Å². The Kier molecular flexibility index (Phi) is 5.12. The van der Waals surface area contributed by atoms with Gasteiger partial charge in [0.25, 0.3) is 0 Å². The Morgan fingerprint density at radius 1 is 1.25 bits per heavy atom. The van der Waals surface area contributed by atoms with E-state index >= 15 is 0 Å². The lowest BCUT2D eigenvalue weighted by molar-refractivity contribution is 0.130. The van der Waals surface area contributed by atoms with Gasteiger partial charge in [0.2, 0.25) is 5.95 Å². The fourth-order valence-corrected chi connectivity index (χ4v) is 2.23. The van der Waals surface area contributed by atoms with Crippen molar-refractivity contribution >= 4 is 16.9 Å². The van der Waals surface area contributed by atoms with E-state index in [1.54, 1.807) is 13.3 Å². The van der Waals surface area contributed by atoms with Crippen LogP contribution in [0.4, 0.5) is 5.95 Å². The number of aliphatic hydroxyl groups is 1. The number of aliphatic hydroxyl groups excluding tert-OH is 1. The van der Waals surface area contributed by atoms with Gasteiger partial charge < -0.3 is 15.6 Å². The molecule has 1 aliphatic carbocycles. The second-order valence-corrected chi connectivity index (χ2v) is 4.94. The average molecular weight is 275 g/mol. The molecule has 108 valence electrons. The zero-order valence-corrected chi connectivity index (χ0v) is 11.7. The maximum Gasteiger partial charge on any atom is 0.220 e. The van der Waals surface area contributed by atoms with Gasteiger partial charge in [0.15, 0.2) is 0 Å². The molecule has 1 fully saturated rings. The van der Waals surface area contributed by atoms with Crippen LogP contribution in [0, 0.1) is 0 Å². The summed E-state index contributed by atoms with van der Waals surface area (Å²) in [6, 6.07) is 5.59. The zero-order valence-electron chi connectivity index (χ0n) is 11.7. The number of hydrogen-bond donors (Lipinski definition) is 2. The number of nitrogens with two attached hydrogens (primary N) is 1. The Morgan fingerprint density at radius 2 is 2.00 bits per heavy atom. The molecule has 0 amide bonds. The van der Waals surface area contributed by atoms with Crippen LogP contribution >= 0.6 is 0 Å². The third kappa shape index (κ3) is 4.06. The molecule has 0 bridgehead atoms. The van der Waals surface area contributed by atoms with Crippen molar-refractivity contribution in [3.05, 3.63) is 24.4 Å². The highest BCUT2D eigenvalue weighted by Crippen LogP contribution is 2.18. The molecule has 5 nitrogen and oxygen atoms in total. The van der Waals surface area contributed by atoms with Crippen LogP contribution in [0.25, 0.3) is 10.9 Å². The minimum Gasteiger partial charge on any atom is -0.497 e. The fraction of sp³-hybridized carbons (Fsp3) is 0.467. The van der Waals surface area contributed by atoms with Crippen LogP contribution < -0.4 is 10.5 Å². The van der Waals surface area contributed by atoms with E-state index in [-0.39, 0.29) is 12.1 Å². The van der Waals surface area contributed by atoms with Crippen molar-refractivity contribution in [1.29, 1.82) is 0 Å². The lowest BCUT2D eigenvalue weighted by Gasteiger charge is -2.14. The second kappa shape index (κ2) is 7.05. The Morgan fingerprint density at radius 3 is 2.60 bits per heavy atom. The first-order chi connectivity index (χ1) is 9.69. The van der Waals surface area contributed by atoms with Gasteiger partial charge in [0.1, 0.15) is 5.75 Å². The standard InChI is InChI=1S/C9H9N3O.C6H12O/c1-13-7-3-2-6-5-11-9(10)12-8(6)4-7;7-6-4-2-1-3-5-6/h2-5H,1H3,(H2,10,11,12);6-7H,1-5H2. The molecular weight excluding hydrogens is 254 g/mol. The number of nitrogens with zero attached hydrogens (tertiary/aromatic N) is 2. The van der Waals surface area contributed by atoms with Crippen molar-refractivity contribution in [3.63, 3.8) is 0 Å². The largest absolute Gasteiger partial charge is 0.497 e. The van der Waals surface area contributed by atoms with Crippen molar-refractivity contribution in [3.8, 4) is 5.75 Å². The van der Waals surface area contributed by atoms with Gasteiger partial charge in [-0.05, 0) is 25.0 Å². The van der Waals surface area contributed by atoms with Crippen molar-refractivity contribution in [1.82, 2.24) is 9.97 Å². The Bertz CT molecular complexity index is 554. The summed E-state index contributed by atoms with van der Waals surface area (Å²) in [6.45, 7) is 0. The molecule has 3 rings (SSSR count). The molecule has 20 heavy (non-hydrogen) atoms. The second-order valence-electron chi connectivity index (χ2n) is 4.94. The third-order valence-electron chi connectivity index (χ3n) is 3.38. The topological polar surface area (TPSA) is 81.3 Å². The highest BCUT2D eigenvalue weighted by Gasteiger charge is 2.07. The van der Waals surface area contributed by atoms with Crippen LogP contribution in [0.1, 0.15) is 32.1 Å². The first-order valence-electron chi connectivity index (χ1n) is 6.93. The van der Waals surface area contributed by atoms with Gasteiger partial charge >= 0.3 is 0 Å². The molecule has 1 saturated carbocycles. The van der Waals surface area contributed by atoms with E-state index < -0.39 is 0 Å². The number of ether oxygens (including phenoxy) is 1. The number of aromatic nitrogens is 2. The number of rotatable bonds is 1. The number of fused-ring (bicyclic) bond motifs is 1. The molecule has 1 aromatic carbocycles. The minimum absolute atomic E-state index is 0.0359. The highest BCUT2D eigenvalue weighted by molar-refractivity contribution is 5.79. The minimum atomic E-state index is 0.0359. The van der Waals surface area contributed by atoms with Gasteiger partial charge in [-0.2, -0.15) is 0 Å². The van der Waals surface area contributed by atoms with Crippen LogP contribution in [-0.2, 0) is 0 Å². The number of anilines is 1. The predicted octanol–water partition coefficient (Wildman–Crippen LogP) is 2.53. The lowest BCUT2D eigenvalue weighted by Crippen LogP contribution is -2.09. The van der Waals surface area contributed by atoms with Gasteiger partial charge in [-0.3, -0.25) is 0 Å². The van der Waals surface area contributed by atoms with Crippen molar-refractivity contribution in [2.24, 2.45) is 0 Å². The van der Waals surface area contributed by atoms with E-state index in [1.165, 1.54) is 19.3 Å². The zero-order chi connectivity index (χ0) is 14.4. The van der Waals surface area contributed by atoms with E-state index in [9.17, 15) is 0 Å². The van der Waals surface area contributed by atoms with Gasteiger partial charge in [-0.15, -0.1) is 0 Å². The molecule has 1 aromatic heterocycles. The summed E-state index contributed by atoms with van der Waals surface area (Å²) >= 11 is 0. The van der Waals surface area contributed by atoms with Crippen LogP contribution in [0.15, 0.2) is 24.4 Å². The van der Waals surface area contributed by atoms with Gasteiger partial charge in [0.05, 0.1) is 18.7 Å². The number of methoxy groups -OCH3 is 1. The molecule has 1 aliphatic rings. The summed E-state index contributed by atoms with van der Waals surface area (Å²) < 4.78 is 5.06. The van der Waals surface area contributed by atoms with Crippen LogP contribution in [0.3, 0.4) is 0 Å². The normalized spacial score (nSPS) is 15.5. The SMILES string of the molecule is COc1ccc2cnc(N)nc2c1.OC1CCCCC1. The van der Waals surface area contributed by atoms with E-state index in [0.29, 0.717) is 0 Å². The smallest absolute Gasteiger partial charge is 0.220 e. The summed E-state index contributed by atoms with van der Waals surface area (Å²) in [6.07, 6.45) is 7.62. The molecule has 0 saturated heterocycles. The number of hydrogen-bond acceptors (Lipinski definition) is 5. The van der Waals surface area contributed by atoms with Gasteiger partial charge in [0, 0.05) is 17.6 Å². The first-order valence-corrected chi connectivity index (χ1v) is 6.93. The lowest BCUT2D eigenvalue weighted by atomic mass is 9.98. The number of nitrogen functional groups attached to an aromatic ring is 1. The van der Waals surface area contributed by atoms with Crippen molar-refractivity contribution < 1.29 is 9.84 Å². The Labute approximate surface area is 118 Å². The molecule has 2 aromatic rings. The molecule has 0 unspecified atom stereocenters. The fourth-order valence-electron chi connectivity index (χ4n) is 2.23. The average Bonchev–Trinajstić information content (AvgIpc) is 2.48. The predicted molar refractivity (Wildman–Crippen MR) is 79.6 cm³/mol. The molecule has 5 heteroatoms. The summed E-state index contributed by atoms with van der Waals surface area (Å²) in [4.78, 5) is 7.96. The van der Waals surface area contributed by atoms with Gasteiger partial charge in [-0.1, -0.05) is 19.3 Å². The monoisotopic (exact) mass is 275 g/mol. The molecular formula is C15H21N3O2.